The lowest BCUT2D eigenvalue weighted by molar-refractivity contribution is 0.0908. The van der Waals surface area contributed by atoms with Gasteiger partial charge in [-0.25, -0.2) is 13.1 Å². The number of sulfonamides is 1. The van der Waals surface area contributed by atoms with E-state index in [0.29, 0.717) is 10.2 Å². The molecule has 0 aliphatic carbocycles. The molecule has 0 bridgehead atoms. The molecule has 120 valence electrons. The molecule has 0 aliphatic rings. The Balaban J connectivity index is 3.09. The second-order valence-corrected chi connectivity index (χ2v) is 8.57. The van der Waals surface area contributed by atoms with Crippen LogP contribution in [0.3, 0.4) is 0 Å². The van der Waals surface area contributed by atoms with E-state index in [2.05, 4.69) is 20.7 Å². The molecule has 5 nitrogen and oxygen atoms in total. The van der Waals surface area contributed by atoms with Crippen LogP contribution in [0.25, 0.3) is 0 Å². The zero-order valence-corrected chi connectivity index (χ0v) is 15.8. The lowest BCUT2D eigenvalue weighted by Gasteiger charge is -2.23. The maximum atomic E-state index is 12.4. The average Bonchev–Trinajstić information content (AvgIpc) is 2.36. The molecule has 0 amide bonds. The van der Waals surface area contributed by atoms with E-state index in [1.807, 2.05) is 6.26 Å². The van der Waals surface area contributed by atoms with Crippen LogP contribution in [0, 0.1) is 0 Å². The van der Waals surface area contributed by atoms with Gasteiger partial charge in [-0.3, -0.25) is 0 Å². The minimum Gasteiger partial charge on any atom is -0.494 e. The summed E-state index contributed by atoms with van der Waals surface area (Å²) >= 11 is 10.5. The lowest BCUT2D eigenvalue weighted by Crippen LogP contribution is -2.42. The number of rotatable bonds is 7. The van der Waals surface area contributed by atoms with Gasteiger partial charge in [0, 0.05) is 17.3 Å². The zero-order valence-electron chi connectivity index (χ0n) is 11.8. The highest BCUT2D eigenvalue weighted by Gasteiger charge is 2.27. The van der Waals surface area contributed by atoms with Crippen LogP contribution in [0.15, 0.2) is 21.5 Å². The molecule has 1 aromatic carbocycles. The summed E-state index contributed by atoms with van der Waals surface area (Å²) in [6.45, 7) is 1.46. The van der Waals surface area contributed by atoms with Crippen molar-refractivity contribution < 1.29 is 18.3 Å². The van der Waals surface area contributed by atoms with Gasteiger partial charge >= 0.3 is 0 Å². The zero-order chi connectivity index (χ0) is 16.3. The number of thioether (sulfide) groups is 1. The lowest BCUT2D eigenvalue weighted by atomic mass is 10.1. The smallest absolute Gasteiger partial charge is 0.244 e. The predicted octanol–water partition coefficient (Wildman–Crippen LogP) is 2.50. The van der Waals surface area contributed by atoms with Crippen LogP contribution >= 0.6 is 39.3 Å². The molecule has 2 N–H and O–H groups in total. The van der Waals surface area contributed by atoms with E-state index in [4.69, 9.17) is 16.3 Å². The minimum absolute atomic E-state index is 0.0793. The van der Waals surface area contributed by atoms with E-state index < -0.39 is 15.6 Å². The molecule has 0 heterocycles. The van der Waals surface area contributed by atoms with Gasteiger partial charge in [0.05, 0.1) is 17.2 Å². The first-order valence-corrected chi connectivity index (χ1v) is 9.92. The topological polar surface area (TPSA) is 75.6 Å². The number of hydrogen-bond acceptors (Lipinski definition) is 5. The van der Waals surface area contributed by atoms with Gasteiger partial charge in [0.2, 0.25) is 10.0 Å². The molecule has 0 radical (unpaired) electrons. The number of benzene rings is 1. The third kappa shape index (κ3) is 5.30. The van der Waals surface area contributed by atoms with E-state index in [0.717, 1.165) is 0 Å². The van der Waals surface area contributed by atoms with Crippen molar-refractivity contribution in [3.8, 4) is 5.75 Å². The largest absolute Gasteiger partial charge is 0.494 e. The van der Waals surface area contributed by atoms with Gasteiger partial charge < -0.3 is 9.84 Å². The van der Waals surface area contributed by atoms with E-state index in [1.165, 1.54) is 24.9 Å². The van der Waals surface area contributed by atoms with E-state index in [-0.39, 0.29) is 22.2 Å². The highest BCUT2D eigenvalue weighted by Crippen LogP contribution is 2.35. The maximum absolute atomic E-state index is 12.4. The Morgan fingerprint density at radius 1 is 1.52 bits per heavy atom. The maximum Gasteiger partial charge on any atom is 0.244 e. The van der Waals surface area contributed by atoms with Crippen molar-refractivity contribution in [2.24, 2.45) is 0 Å². The van der Waals surface area contributed by atoms with Crippen molar-refractivity contribution in [3.63, 3.8) is 0 Å². The Morgan fingerprint density at radius 3 is 2.67 bits per heavy atom. The third-order valence-electron chi connectivity index (χ3n) is 2.57. The normalized spacial score (nSPS) is 14.8. The summed E-state index contributed by atoms with van der Waals surface area (Å²) in [5.74, 6) is 0.572. The quantitative estimate of drug-likeness (QED) is 0.711. The highest BCUT2D eigenvalue weighted by molar-refractivity contribution is 9.10. The Labute approximate surface area is 142 Å². The molecule has 1 rings (SSSR count). The minimum atomic E-state index is -3.86. The highest BCUT2D eigenvalue weighted by atomic mass is 79.9. The van der Waals surface area contributed by atoms with Gasteiger partial charge in [0.1, 0.15) is 4.90 Å². The number of aliphatic hydroxyl groups is 1. The van der Waals surface area contributed by atoms with Crippen LogP contribution in [0.1, 0.15) is 6.92 Å². The second kappa shape index (κ2) is 7.52. The summed E-state index contributed by atoms with van der Waals surface area (Å²) in [6, 6.07) is 2.85. The van der Waals surface area contributed by atoms with Crippen molar-refractivity contribution in [1.29, 1.82) is 0 Å². The summed E-state index contributed by atoms with van der Waals surface area (Å²) in [5.41, 5.74) is -1.14. The summed E-state index contributed by atoms with van der Waals surface area (Å²) in [7, 11) is -2.49. The van der Waals surface area contributed by atoms with Crippen LogP contribution in [-0.2, 0) is 10.0 Å². The fourth-order valence-electron chi connectivity index (χ4n) is 1.62. The van der Waals surface area contributed by atoms with Gasteiger partial charge in [0.25, 0.3) is 0 Å². The van der Waals surface area contributed by atoms with Crippen LogP contribution in [0.4, 0.5) is 0 Å². The van der Waals surface area contributed by atoms with E-state index in [1.54, 1.807) is 13.0 Å². The van der Waals surface area contributed by atoms with Crippen molar-refractivity contribution in [2.45, 2.75) is 17.4 Å². The van der Waals surface area contributed by atoms with Gasteiger partial charge in [0.15, 0.2) is 5.75 Å². The Hall–Kier alpha value is 0.01000. The molecule has 0 spiro atoms. The number of hydrogen-bond donors (Lipinski definition) is 2. The summed E-state index contributed by atoms with van der Waals surface area (Å²) in [5, 5.41) is 10.3. The first kappa shape index (κ1) is 19.1. The summed E-state index contributed by atoms with van der Waals surface area (Å²) in [4.78, 5) is -0.0793. The molecule has 0 aliphatic heterocycles. The number of nitrogens with one attached hydrogen (secondary N) is 1. The number of ether oxygens (including phenoxy) is 1. The Morgan fingerprint density at radius 2 is 2.14 bits per heavy atom. The third-order valence-corrected chi connectivity index (χ3v) is 5.69. The average molecular weight is 419 g/mol. The van der Waals surface area contributed by atoms with Crippen molar-refractivity contribution in [2.75, 3.05) is 25.7 Å². The molecule has 9 heteroatoms. The standard InChI is InChI=1S/C12H17BrClNO4S2/c1-12(16,7-20-3)6-15-21(17,18)10-5-8(14)4-9(13)11(10)19-2/h4-5,15-16H,6-7H2,1-3H3. The van der Waals surface area contributed by atoms with Crippen LogP contribution in [0.2, 0.25) is 5.02 Å². The van der Waals surface area contributed by atoms with Crippen LogP contribution < -0.4 is 9.46 Å². The van der Waals surface area contributed by atoms with Crippen molar-refractivity contribution in [1.82, 2.24) is 4.72 Å². The fraction of sp³-hybridized carbons (Fsp3) is 0.500. The molecule has 1 atom stereocenters. The number of halogens is 2. The van der Waals surface area contributed by atoms with Crippen LogP contribution in [0.5, 0.6) is 5.75 Å². The SMILES string of the molecule is COc1c(Br)cc(Cl)cc1S(=O)(=O)NCC(C)(O)CSC. The summed E-state index contributed by atoms with van der Waals surface area (Å²) in [6.07, 6.45) is 1.83. The van der Waals surface area contributed by atoms with Gasteiger partial charge in [-0.1, -0.05) is 11.6 Å². The van der Waals surface area contributed by atoms with Crippen molar-refractivity contribution in [3.05, 3.63) is 21.6 Å². The summed E-state index contributed by atoms with van der Waals surface area (Å²) < 4.78 is 32.7. The molecule has 0 fully saturated rings. The molecular formula is C12H17BrClNO4S2. The van der Waals surface area contributed by atoms with E-state index in [9.17, 15) is 13.5 Å². The van der Waals surface area contributed by atoms with Gasteiger partial charge in [-0.15, -0.1) is 0 Å². The van der Waals surface area contributed by atoms with Gasteiger partial charge in [-0.05, 0) is 41.2 Å². The van der Waals surface area contributed by atoms with Crippen LogP contribution in [-0.4, -0.2) is 44.8 Å². The Kier molecular flexibility index (Phi) is 6.82. The number of methoxy groups -OCH3 is 1. The molecule has 0 saturated carbocycles. The molecule has 1 unspecified atom stereocenters. The van der Waals surface area contributed by atoms with E-state index >= 15 is 0 Å². The first-order chi connectivity index (χ1) is 9.63. The van der Waals surface area contributed by atoms with Crippen molar-refractivity contribution >= 4 is 49.3 Å². The predicted molar refractivity (Wildman–Crippen MR) is 89.9 cm³/mol. The molecule has 21 heavy (non-hydrogen) atoms. The second-order valence-electron chi connectivity index (χ2n) is 4.67. The fourth-order valence-corrected chi connectivity index (χ4v) is 4.89. The monoisotopic (exact) mass is 417 g/mol. The Bertz CT molecular complexity index is 608. The van der Waals surface area contributed by atoms with Gasteiger partial charge in [-0.2, -0.15) is 11.8 Å². The molecule has 0 saturated heterocycles. The molecule has 0 aromatic heterocycles. The molecular weight excluding hydrogens is 402 g/mol. The molecule has 1 aromatic rings. The first-order valence-electron chi connectivity index (χ1n) is 5.87.